The molecule has 0 fully saturated rings. The topological polar surface area (TPSA) is 61.8 Å². The van der Waals surface area contributed by atoms with E-state index in [0.29, 0.717) is 17.4 Å². The predicted octanol–water partition coefficient (Wildman–Crippen LogP) is 3.18. The minimum absolute atomic E-state index is 0. The van der Waals surface area contributed by atoms with E-state index in [0.717, 1.165) is 6.54 Å². The third-order valence-corrected chi connectivity index (χ3v) is 5.39. The SMILES string of the molecule is CCNC(=NCCS(=O)(=O)c1ccccc1)N(C)Cc1ccccc1.I. The van der Waals surface area contributed by atoms with Crippen molar-refractivity contribution in [2.45, 2.75) is 18.4 Å². The van der Waals surface area contributed by atoms with E-state index >= 15 is 0 Å². The van der Waals surface area contributed by atoms with Gasteiger partial charge in [0.05, 0.1) is 17.2 Å². The molecule has 7 heteroatoms. The van der Waals surface area contributed by atoms with E-state index in [1.54, 1.807) is 30.3 Å². The number of halogens is 1. The summed E-state index contributed by atoms with van der Waals surface area (Å²) in [4.78, 5) is 6.81. The average Bonchev–Trinajstić information content (AvgIpc) is 2.62. The van der Waals surface area contributed by atoms with Crippen LogP contribution in [-0.2, 0) is 16.4 Å². The van der Waals surface area contributed by atoms with Gasteiger partial charge in [0.15, 0.2) is 15.8 Å². The van der Waals surface area contributed by atoms with Crippen molar-refractivity contribution in [1.29, 1.82) is 0 Å². The van der Waals surface area contributed by atoms with Crippen LogP contribution in [0, 0.1) is 0 Å². The minimum atomic E-state index is -3.31. The number of benzene rings is 2. The number of aliphatic imine (C=N–C) groups is 1. The van der Waals surface area contributed by atoms with Gasteiger partial charge in [0.25, 0.3) is 0 Å². The van der Waals surface area contributed by atoms with E-state index in [-0.39, 0.29) is 36.3 Å². The molecule has 5 nitrogen and oxygen atoms in total. The van der Waals surface area contributed by atoms with Gasteiger partial charge >= 0.3 is 0 Å². The Bertz CT molecular complexity index is 781. The monoisotopic (exact) mass is 487 g/mol. The lowest BCUT2D eigenvalue weighted by Crippen LogP contribution is -2.38. The molecule has 0 aromatic heterocycles. The molecule has 0 atom stereocenters. The Hall–Kier alpha value is -1.61. The molecule has 0 unspecified atom stereocenters. The first-order valence-electron chi connectivity index (χ1n) is 8.34. The molecule has 0 aliphatic heterocycles. The maximum atomic E-state index is 12.3. The van der Waals surface area contributed by atoms with Crippen LogP contribution in [0.2, 0.25) is 0 Å². The van der Waals surface area contributed by atoms with Crippen molar-refractivity contribution in [3.05, 3.63) is 66.2 Å². The van der Waals surface area contributed by atoms with Gasteiger partial charge < -0.3 is 10.2 Å². The van der Waals surface area contributed by atoms with Crippen molar-refractivity contribution in [1.82, 2.24) is 10.2 Å². The normalized spacial score (nSPS) is 11.5. The highest BCUT2D eigenvalue weighted by atomic mass is 127. The molecule has 26 heavy (non-hydrogen) atoms. The standard InChI is InChI=1S/C19H25N3O2S.HI/c1-3-20-19(22(2)16-17-10-6-4-7-11-17)21-14-15-25(23,24)18-12-8-5-9-13-18;/h4-13H,3,14-16H2,1-2H3,(H,20,21);1H. The Morgan fingerprint density at radius 1 is 1.04 bits per heavy atom. The number of hydrogen-bond acceptors (Lipinski definition) is 3. The predicted molar refractivity (Wildman–Crippen MR) is 118 cm³/mol. The van der Waals surface area contributed by atoms with Crippen LogP contribution in [0.1, 0.15) is 12.5 Å². The van der Waals surface area contributed by atoms with E-state index in [4.69, 9.17) is 0 Å². The molecule has 0 amide bonds. The Balaban J connectivity index is 0.00000338. The maximum absolute atomic E-state index is 12.3. The molecule has 0 aliphatic rings. The Morgan fingerprint density at radius 3 is 2.19 bits per heavy atom. The summed E-state index contributed by atoms with van der Waals surface area (Å²) in [5.74, 6) is 0.695. The number of hydrogen-bond donors (Lipinski definition) is 1. The van der Waals surface area contributed by atoms with Crippen LogP contribution in [0.15, 0.2) is 70.6 Å². The quantitative estimate of drug-likeness (QED) is 0.370. The molecule has 142 valence electrons. The van der Waals surface area contributed by atoms with E-state index in [2.05, 4.69) is 22.4 Å². The molecule has 0 heterocycles. The molecular formula is C19H26IN3O2S. The number of rotatable bonds is 7. The summed E-state index contributed by atoms with van der Waals surface area (Å²) in [6.45, 7) is 3.65. The van der Waals surface area contributed by atoms with Gasteiger partial charge in [-0.15, -0.1) is 24.0 Å². The zero-order valence-corrected chi connectivity index (χ0v) is 18.3. The second-order valence-electron chi connectivity index (χ2n) is 5.71. The fourth-order valence-corrected chi connectivity index (χ4v) is 3.56. The van der Waals surface area contributed by atoms with Crippen LogP contribution in [0.4, 0.5) is 0 Å². The Morgan fingerprint density at radius 2 is 1.62 bits per heavy atom. The molecular weight excluding hydrogens is 461 g/mol. The highest BCUT2D eigenvalue weighted by molar-refractivity contribution is 14.0. The summed E-state index contributed by atoms with van der Waals surface area (Å²) < 4.78 is 24.7. The summed E-state index contributed by atoms with van der Waals surface area (Å²) >= 11 is 0. The molecule has 0 aliphatic carbocycles. The zero-order valence-electron chi connectivity index (χ0n) is 15.1. The first-order valence-corrected chi connectivity index (χ1v) is 9.99. The van der Waals surface area contributed by atoms with Crippen molar-refractivity contribution in [3.8, 4) is 0 Å². The average molecular weight is 487 g/mol. The van der Waals surface area contributed by atoms with E-state index in [1.165, 1.54) is 5.56 Å². The van der Waals surface area contributed by atoms with Crippen LogP contribution < -0.4 is 5.32 Å². The van der Waals surface area contributed by atoms with Crippen molar-refractivity contribution >= 4 is 39.8 Å². The van der Waals surface area contributed by atoms with E-state index < -0.39 is 9.84 Å². The van der Waals surface area contributed by atoms with Gasteiger partial charge in [-0.25, -0.2) is 8.42 Å². The van der Waals surface area contributed by atoms with Crippen LogP contribution >= 0.6 is 24.0 Å². The first-order chi connectivity index (χ1) is 12.0. The van der Waals surface area contributed by atoms with E-state index in [1.807, 2.05) is 37.1 Å². The third kappa shape index (κ3) is 6.95. The van der Waals surface area contributed by atoms with Gasteiger partial charge in [-0.3, -0.25) is 4.99 Å². The molecule has 2 rings (SSSR count). The number of sulfone groups is 1. The fourth-order valence-electron chi connectivity index (χ4n) is 2.42. The van der Waals surface area contributed by atoms with E-state index in [9.17, 15) is 8.42 Å². The molecule has 1 N–H and O–H groups in total. The van der Waals surface area contributed by atoms with Gasteiger partial charge in [-0.1, -0.05) is 48.5 Å². The highest BCUT2D eigenvalue weighted by Gasteiger charge is 2.14. The minimum Gasteiger partial charge on any atom is -0.357 e. The summed E-state index contributed by atoms with van der Waals surface area (Å²) in [5, 5.41) is 3.21. The fraction of sp³-hybridized carbons (Fsp3) is 0.316. The second-order valence-corrected chi connectivity index (χ2v) is 7.82. The molecule has 0 spiro atoms. The van der Waals surface area contributed by atoms with Crippen LogP contribution in [-0.4, -0.2) is 45.2 Å². The summed E-state index contributed by atoms with van der Waals surface area (Å²) in [6.07, 6.45) is 0. The summed E-state index contributed by atoms with van der Waals surface area (Å²) in [5.41, 5.74) is 1.17. The summed E-state index contributed by atoms with van der Waals surface area (Å²) in [7, 11) is -1.36. The molecule has 0 bridgehead atoms. The molecule has 0 saturated carbocycles. The van der Waals surface area contributed by atoms with Crippen LogP contribution in [0.3, 0.4) is 0 Å². The van der Waals surface area contributed by atoms with Crippen LogP contribution in [0.25, 0.3) is 0 Å². The lowest BCUT2D eigenvalue weighted by molar-refractivity contribution is 0.477. The second kappa shape index (κ2) is 11.2. The smallest absolute Gasteiger partial charge is 0.193 e. The first kappa shape index (κ1) is 22.4. The lowest BCUT2D eigenvalue weighted by Gasteiger charge is -2.22. The lowest BCUT2D eigenvalue weighted by atomic mass is 10.2. The molecule has 0 saturated heterocycles. The molecule has 2 aromatic carbocycles. The van der Waals surface area contributed by atoms with Crippen LogP contribution in [0.5, 0.6) is 0 Å². The largest absolute Gasteiger partial charge is 0.357 e. The van der Waals surface area contributed by atoms with Gasteiger partial charge in [-0.2, -0.15) is 0 Å². The Labute approximate surface area is 173 Å². The zero-order chi connectivity index (χ0) is 18.1. The van der Waals surface area contributed by atoms with Gasteiger partial charge in [0, 0.05) is 20.1 Å². The number of guanidine groups is 1. The number of nitrogens with one attached hydrogen (secondary N) is 1. The highest BCUT2D eigenvalue weighted by Crippen LogP contribution is 2.10. The summed E-state index contributed by atoms with van der Waals surface area (Å²) in [6, 6.07) is 18.6. The maximum Gasteiger partial charge on any atom is 0.193 e. The number of nitrogens with zero attached hydrogens (tertiary/aromatic N) is 2. The van der Waals surface area contributed by atoms with Crippen molar-refractivity contribution in [3.63, 3.8) is 0 Å². The van der Waals surface area contributed by atoms with Gasteiger partial charge in [0.2, 0.25) is 0 Å². The van der Waals surface area contributed by atoms with Gasteiger partial charge in [-0.05, 0) is 24.6 Å². The van der Waals surface area contributed by atoms with Gasteiger partial charge in [0.1, 0.15) is 0 Å². The van der Waals surface area contributed by atoms with Crippen molar-refractivity contribution < 1.29 is 8.42 Å². The molecule has 2 aromatic rings. The van der Waals surface area contributed by atoms with Crippen molar-refractivity contribution in [2.24, 2.45) is 4.99 Å². The Kier molecular flexibility index (Phi) is 9.64. The third-order valence-electron chi connectivity index (χ3n) is 3.68. The molecule has 0 radical (unpaired) electrons. The van der Waals surface area contributed by atoms with Crippen molar-refractivity contribution in [2.75, 3.05) is 25.9 Å².